The Labute approximate surface area is 209 Å². The summed E-state index contributed by atoms with van der Waals surface area (Å²) in [7, 11) is 0. The number of nitrogens with one attached hydrogen (secondary N) is 2. The molecule has 1 unspecified atom stereocenters. The van der Waals surface area contributed by atoms with Crippen LogP contribution in [0.25, 0.3) is 10.1 Å². The predicted octanol–water partition coefficient (Wildman–Crippen LogP) is 4.72. The molecule has 33 heavy (non-hydrogen) atoms. The highest BCUT2D eigenvalue weighted by Gasteiger charge is 2.40. The van der Waals surface area contributed by atoms with E-state index in [2.05, 4.69) is 5.32 Å². The summed E-state index contributed by atoms with van der Waals surface area (Å²) in [6.07, 6.45) is 1.77. The van der Waals surface area contributed by atoms with Gasteiger partial charge in [-0.3, -0.25) is 10.2 Å². The fourth-order valence-corrected chi connectivity index (χ4v) is 5.33. The van der Waals surface area contributed by atoms with Gasteiger partial charge in [0.1, 0.15) is 23.1 Å². The molecular formula is C24H29Cl2N3O3S. The van der Waals surface area contributed by atoms with E-state index in [0.29, 0.717) is 11.3 Å². The number of halogens is 2. The van der Waals surface area contributed by atoms with Gasteiger partial charge < -0.3 is 20.9 Å². The van der Waals surface area contributed by atoms with Gasteiger partial charge in [0, 0.05) is 21.7 Å². The summed E-state index contributed by atoms with van der Waals surface area (Å²) in [5, 5.41) is 22.3. The van der Waals surface area contributed by atoms with Crippen molar-refractivity contribution in [1.82, 2.24) is 5.32 Å². The number of nitrogen functional groups attached to an aromatic ring is 1. The van der Waals surface area contributed by atoms with Crippen LogP contribution in [0.5, 0.6) is 5.75 Å². The van der Waals surface area contributed by atoms with Crippen LogP contribution in [-0.4, -0.2) is 36.1 Å². The van der Waals surface area contributed by atoms with Crippen molar-refractivity contribution in [2.24, 2.45) is 5.73 Å². The Morgan fingerprint density at radius 1 is 1.27 bits per heavy atom. The molecule has 0 aliphatic carbocycles. The van der Waals surface area contributed by atoms with Crippen LogP contribution in [0.4, 0.5) is 0 Å². The van der Waals surface area contributed by atoms with E-state index in [-0.39, 0.29) is 36.8 Å². The molecule has 2 atom stereocenters. The number of carboxylic acids is 1. The highest BCUT2D eigenvalue weighted by Crippen LogP contribution is 2.42. The summed E-state index contributed by atoms with van der Waals surface area (Å²) >= 11 is 1.46. The zero-order valence-corrected chi connectivity index (χ0v) is 21.0. The number of carbonyl (C=O) groups is 1. The minimum atomic E-state index is -1.22. The topological polar surface area (TPSA) is 108 Å². The Kier molecular flexibility index (Phi) is 8.76. The van der Waals surface area contributed by atoms with Crippen molar-refractivity contribution in [3.05, 3.63) is 64.0 Å². The van der Waals surface area contributed by atoms with Gasteiger partial charge in [-0.2, -0.15) is 0 Å². The molecule has 4 rings (SSSR count). The lowest BCUT2D eigenvalue weighted by molar-refractivity contribution is -0.141. The lowest BCUT2D eigenvalue weighted by Gasteiger charge is -2.27. The SMILES string of the molecule is CCc1ccc(O[C@H]2CCNC2)cc1C(C)(C(=O)O)c1cc2cc(C(=N)N)ccc2s1.Cl.Cl. The van der Waals surface area contributed by atoms with Crippen LogP contribution in [-0.2, 0) is 16.6 Å². The van der Waals surface area contributed by atoms with Crippen molar-refractivity contribution in [1.29, 1.82) is 5.41 Å². The van der Waals surface area contributed by atoms with Gasteiger partial charge in [-0.1, -0.05) is 13.0 Å². The number of hydrogen-bond donors (Lipinski definition) is 4. The van der Waals surface area contributed by atoms with Crippen molar-refractivity contribution in [2.75, 3.05) is 13.1 Å². The van der Waals surface area contributed by atoms with Gasteiger partial charge >= 0.3 is 5.97 Å². The van der Waals surface area contributed by atoms with Crippen LogP contribution in [0.1, 0.15) is 41.8 Å². The zero-order chi connectivity index (χ0) is 22.2. The Balaban J connectivity index is 0.00000193. The maximum atomic E-state index is 12.7. The molecule has 0 radical (unpaired) electrons. The first-order chi connectivity index (χ1) is 14.8. The highest BCUT2D eigenvalue weighted by atomic mass is 35.5. The van der Waals surface area contributed by atoms with Crippen molar-refractivity contribution >= 4 is 58.0 Å². The Morgan fingerprint density at radius 3 is 2.64 bits per heavy atom. The minimum Gasteiger partial charge on any atom is -0.489 e. The molecule has 1 fully saturated rings. The van der Waals surface area contributed by atoms with E-state index < -0.39 is 11.4 Å². The lowest BCUT2D eigenvalue weighted by Crippen LogP contribution is -2.34. The van der Waals surface area contributed by atoms with Gasteiger partial charge in [-0.15, -0.1) is 36.2 Å². The Morgan fingerprint density at radius 2 is 2.03 bits per heavy atom. The number of rotatable bonds is 7. The average Bonchev–Trinajstić information content (AvgIpc) is 3.42. The molecular weight excluding hydrogens is 481 g/mol. The molecule has 1 aromatic heterocycles. The number of nitrogens with two attached hydrogens (primary N) is 1. The third kappa shape index (κ3) is 5.11. The molecule has 1 aliphatic rings. The monoisotopic (exact) mass is 509 g/mol. The van der Waals surface area contributed by atoms with Gasteiger partial charge in [-0.05, 0) is 79.2 Å². The third-order valence-corrected chi connectivity index (χ3v) is 7.40. The van der Waals surface area contributed by atoms with Crippen LogP contribution >= 0.6 is 36.2 Å². The maximum Gasteiger partial charge on any atom is 0.319 e. The molecule has 2 aromatic carbocycles. The normalized spacial score (nSPS) is 17.0. The number of thiophene rings is 1. The van der Waals surface area contributed by atoms with E-state index in [1.807, 2.05) is 43.3 Å². The van der Waals surface area contributed by atoms with E-state index in [1.165, 1.54) is 11.3 Å². The number of carboxylic acid groups (broad SMARTS) is 1. The second-order valence-corrected chi connectivity index (χ2v) is 9.20. The first kappa shape index (κ1) is 26.9. The number of amidine groups is 1. The first-order valence-corrected chi connectivity index (χ1v) is 11.3. The molecule has 0 saturated carbocycles. The molecule has 178 valence electrons. The van der Waals surface area contributed by atoms with Gasteiger partial charge in [0.05, 0.1) is 0 Å². The number of aliphatic carboxylic acids is 1. The van der Waals surface area contributed by atoms with Crippen LogP contribution < -0.4 is 15.8 Å². The lowest BCUT2D eigenvalue weighted by atomic mass is 9.77. The second kappa shape index (κ2) is 10.7. The van der Waals surface area contributed by atoms with E-state index in [0.717, 1.165) is 52.0 Å². The molecule has 3 aromatic rings. The van der Waals surface area contributed by atoms with Crippen molar-refractivity contribution in [2.45, 2.75) is 38.2 Å². The molecule has 0 amide bonds. The summed E-state index contributed by atoms with van der Waals surface area (Å²) in [4.78, 5) is 13.4. The standard InChI is InChI=1S/C24H27N3O3S.2ClH/c1-3-14-4-6-17(30-18-8-9-27-13-18)12-19(14)24(2,23(28)29)21-11-16-10-15(22(25)26)5-7-20(16)31-21;;/h4-7,10-12,18,27H,3,8-9,13H2,1-2H3,(H3,25,26)(H,28,29);2*1H/t18-,24?;;/m0../s1. The van der Waals surface area contributed by atoms with Crippen molar-refractivity contribution in [3.8, 4) is 5.75 Å². The minimum absolute atomic E-state index is 0. The molecule has 9 heteroatoms. The van der Waals surface area contributed by atoms with Crippen LogP contribution in [0.2, 0.25) is 0 Å². The average molecular weight is 510 g/mol. The molecule has 2 heterocycles. The number of ether oxygens (including phenoxy) is 1. The predicted molar refractivity (Wildman–Crippen MR) is 139 cm³/mol. The second-order valence-electron chi connectivity index (χ2n) is 8.11. The Hall–Kier alpha value is -2.32. The largest absolute Gasteiger partial charge is 0.489 e. The maximum absolute atomic E-state index is 12.7. The van der Waals surface area contributed by atoms with Gasteiger partial charge in [0.25, 0.3) is 0 Å². The van der Waals surface area contributed by atoms with Gasteiger partial charge in [-0.25, -0.2) is 0 Å². The molecule has 6 nitrogen and oxygen atoms in total. The Bertz CT molecular complexity index is 1160. The number of hydrogen-bond acceptors (Lipinski definition) is 5. The number of fused-ring (bicyclic) bond motifs is 1. The summed E-state index contributed by atoms with van der Waals surface area (Å²) in [5.41, 5.74) is 6.78. The van der Waals surface area contributed by atoms with E-state index in [9.17, 15) is 9.90 Å². The van der Waals surface area contributed by atoms with E-state index in [1.54, 1.807) is 13.0 Å². The summed E-state index contributed by atoms with van der Waals surface area (Å²) in [5.74, 6) is -0.205. The smallest absolute Gasteiger partial charge is 0.319 e. The fourth-order valence-electron chi connectivity index (χ4n) is 4.13. The highest BCUT2D eigenvalue weighted by molar-refractivity contribution is 7.19. The van der Waals surface area contributed by atoms with E-state index in [4.69, 9.17) is 15.9 Å². The van der Waals surface area contributed by atoms with Gasteiger partial charge in [0.15, 0.2) is 0 Å². The van der Waals surface area contributed by atoms with Crippen LogP contribution in [0, 0.1) is 5.41 Å². The van der Waals surface area contributed by atoms with Crippen LogP contribution in [0.15, 0.2) is 42.5 Å². The number of aryl methyl sites for hydroxylation is 1. The number of benzene rings is 2. The fraction of sp³-hybridized carbons (Fsp3) is 0.333. The zero-order valence-electron chi connectivity index (χ0n) is 18.5. The third-order valence-electron chi connectivity index (χ3n) is 6.07. The van der Waals surface area contributed by atoms with E-state index >= 15 is 0 Å². The summed E-state index contributed by atoms with van der Waals surface area (Å²) < 4.78 is 7.11. The first-order valence-electron chi connectivity index (χ1n) is 10.5. The summed E-state index contributed by atoms with van der Waals surface area (Å²) in [6, 6.07) is 13.3. The van der Waals surface area contributed by atoms with Gasteiger partial charge in [0.2, 0.25) is 0 Å². The van der Waals surface area contributed by atoms with Crippen molar-refractivity contribution in [3.63, 3.8) is 0 Å². The molecule has 5 N–H and O–H groups in total. The quantitative estimate of drug-likeness (QED) is 0.272. The molecule has 0 spiro atoms. The summed E-state index contributed by atoms with van der Waals surface area (Å²) in [6.45, 7) is 5.53. The molecule has 1 aliphatic heterocycles. The van der Waals surface area contributed by atoms with Crippen LogP contribution in [0.3, 0.4) is 0 Å². The van der Waals surface area contributed by atoms with Crippen molar-refractivity contribution < 1.29 is 14.6 Å². The molecule has 0 bridgehead atoms. The molecule has 1 saturated heterocycles.